The number of hydrogen-bond acceptors (Lipinski definition) is 4. The van der Waals surface area contributed by atoms with Crippen LogP contribution in [0, 0.1) is 0 Å². The number of rotatable bonds is 3. The average Bonchev–Trinajstić information content (AvgIpc) is 2.41. The summed E-state index contributed by atoms with van der Waals surface area (Å²) >= 11 is 4.89. The zero-order chi connectivity index (χ0) is 14.0. The van der Waals surface area contributed by atoms with Crippen molar-refractivity contribution in [3.05, 3.63) is 46.2 Å². The number of para-hydroxylation sites is 1. The number of ether oxygens (including phenoxy) is 1. The summed E-state index contributed by atoms with van der Waals surface area (Å²) < 4.78 is 6.50. The zero-order valence-electron chi connectivity index (χ0n) is 10.6. The topological polar surface area (TPSA) is 70.1 Å². The minimum atomic E-state index is -0.314. The lowest BCUT2D eigenvalue weighted by molar-refractivity contribution is 0.416. The number of methoxy groups -OCH3 is 1. The summed E-state index contributed by atoms with van der Waals surface area (Å²) in [6, 6.07) is 8.99. The molecule has 98 valence electrons. The predicted octanol–water partition coefficient (Wildman–Crippen LogP) is 1.09. The van der Waals surface area contributed by atoms with Gasteiger partial charge in [-0.2, -0.15) is 5.10 Å². The molecule has 6 heteroatoms. The van der Waals surface area contributed by atoms with Gasteiger partial charge in [0.2, 0.25) is 0 Å². The molecular formula is C13H13N3O2S. The van der Waals surface area contributed by atoms with E-state index in [1.165, 1.54) is 4.68 Å². The van der Waals surface area contributed by atoms with Crippen LogP contribution in [0.4, 0.5) is 0 Å². The van der Waals surface area contributed by atoms with E-state index in [2.05, 4.69) is 5.10 Å². The van der Waals surface area contributed by atoms with Crippen LogP contribution in [0.5, 0.6) is 5.75 Å². The number of aryl methyl sites for hydroxylation is 1. The molecule has 2 rings (SSSR count). The second kappa shape index (κ2) is 5.19. The molecule has 1 aromatic heterocycles. The van der Waals surface area contributed by atoms with Gasteiger partial charge in [0.25, 0.3) is 5.56 Å². The molecule has 0 amide bonds. The van der Waals surface area contributed by atoms with Crippen molar-refractivity contribution in [2.24, 2.45) is 12.8 Å². The molecule has 0 atom stereocenters. The van der Waals surface area contributed by atoms with Crippen molar-refractivity contribution < 1.29 is 4.74 Å². The van der Waals surface area contributed by atoms with Crippen LogP contribution in [0.3, 0.4) is 0 Å². The Morgan fingerprint density at radius 3 is 2.74 bits per heavy atom. The molecule has 0 fully saturated rings. The SMILES string of the molecule is COc1ccccc1-c1cc(C(N)=S)c(=O)n(C)n1. The maximum Gasteiger partial charge on any atom is 0.276 e. The number of benzene rings is 1. The highest BCUT2D eigenvalue weighted by atomic mass is 32.1. The minimum absolute atomic E-state index is 0.0548. The Morgan fingerprint density at radius 2 is 2.11 bits per heavy atom. The first-order chi connectivity index (χ1) is 9.04. The molecular weight excluding hydrogens is 262 g/mol. The number of nitrogens with zero attached hydrogens (tertiary/aromatic N) is 2. The summed E-state index contributed by atoms with van der Waals surface area (Å²) in [5.74, 6) is 0.669. The van der Waals surface area contributed by atoms with Crippen LogP contribution in [-0.4, -0.2) is 21.9 Å². The Labute approximate surface area is 115 Å². The van der Waals surface area contributed by atoms with Crippen LogP contribution >= 0.6 is 12.2 Å². The van der Waals surface area contributed by atoms with E-state index in [1.54, 1.807) is 20.2 Å². The lowest BCUT2D eigenvalue weighted by atomic mass is 10.1. The van der Waals surface area contributed by atoms with Gasteiger partial charge in [-0.25, -0.2) is 4.68 Å². The first-order valence-electron chi connectivity index (χ1n) is 5.56. The van der Waals surface area contributed by atoms with E-state index in [1.807, 2.05) is 24.3 Å². The van der Waals surface area contributed by atoms with E-state index in [9.17, 15) is 4.79 Å². The van der Waals surface area contributed by atoms with Gasteiger partial charge >= 0.3 is 0 Å². The highest BCUT2D eigenvalue weighted by molar-refractivity contribution is 7.80. The van der Waals surface area contributed by atoms with Crippen molar-refractivity contribution in [3.63, 3.8) is 0 Å². The molecule has 5 nitrogen and oxygen atoms in total. The van der Waals surface area contributed by atoms with E-state index in [-0.39, 0.29) is 16.1 Å². The second-order valence-corrected chi connectivity index (χ2v) is 4.38. The Hall–Kier alpha value is -2.21. The summed E-state index contributed by atoms with van der Waals surface area (Å²) in [5, 5.41) is 4.20. The van der Waals surface area contributed by atoms with E-state index in [0.717, 1.165) is 5.56 Å². The van der Waals surface area contributed by atoms with Crippen LogP contribution in [0.1, 0.15) is 5.56 Å². The third-order valence-electron chi connectivity index (χ3n) is 2.71. The van der Waals surface area contributed by atoms with Gasteiger partial charge in [-0.05, 0) is 18.2 Å². The van der Waals surface area contributed by atoms with Crippen LogP contribution in [0.15, 0.2) is 35.1 Å². The number of hydrogen-bond donors (Lipinski definition) is 1. The zero-order valence-corrected chi connectivity index (χ0v) is 11.4. The highest BCUT2D eigenvalue weighted by Gasteiger charge is 2.12. The number of nitrogens with two attached hydrogens (primary N) is 1. The third-order valence-corrected chi connectivity index (χ3v) is 2.93. The van der Waals surface area contributed by atoms with Gasteiger partial charge in [0, 0.05) is 12.6 Å². The van der Waals surface area contributed by atoms with Gasteiger partial charge in [0.05, 0.1) is 18.4 Å². The maximum absolute atomic E-state index is 11.8. The molecule has 0 aliphatic carbocycles. The van der Waals surface area contributed by atoms with Crippen LogP contribution in [0.25, 0.3) is 11.3 Å². The molecule has 1 aromatic carbocycles. The fourth-order valence-corrected chi connectivity index (χ4v) is 1.92. The molecule has 0 unspecified atom stereocenters. The maximum atomic E-state index is 11.8. The standard InChI is InChI=1S/C13H13N3O2S/c1-16-13(17)9(12(14)19)7-10(15-16)8-5-3-4-6-11(8)18-2/h3-7H,1-2H3,(H2,14,19). The summed E-state index contributed by atoms with van der Waals surface area (Å²) in [6.07, 6.45) is 0. The molecule has 0 aliphatic rings. The smallest absolute Gasteiger partial charge is 0.276 e. The van der Waals surface area contributed by atoms with Gasteiger partial charge < -0.3 is 10.5 Å². The molecule has 0 saturated carbocycles. The normalized spacial score (nSPS) is 10.2. The van der Waals surface area contributed by atoms with Gasteiger partial charge in [-0.3, -0.25) is 4.79 Å². The van der Waals surface area contributed by atoms with Crippen LogP contribution in [0.2, 0.25) is 0 Å². The average molecular weight is 275 g/mol. The number of thiocarbonyl (C=S) groups is 1. The Bertz CT molecular complexity index is 695. The summed E-state index contributed by atoms with van der Waals surface area (Å²) in [4.78, 5) is 11.9. The second-order valence-electron chi connectivity index (χ2n) is 3.94. The van der Waals surface area contributed by atoms with E-state index in [4.69, 9.17) is 22.7 Å². The molecule has 2 N–H and O–H groups in total. The Kier molecular flexibility index (Phi) is 3.62. The van der Waals surface area contributed by atoms with Crippen molar-refractivity contribution in [1.29, 1.82) is 0 Å². The van der Waals surface area contributed by atoms with Crippen molar-refractivity contribution in [2.75, 3.05) is 7.11 Å². The molecule has 2 aromatic rings. The summed E-state index contributed by atoms with van der Waals surface area (Å²) in [6.45, 7) is 0. The monoisotopic (exact) mass is 275 g/mol. The summed E-state index contributed by atoms with van der Waals surface area (Å²) in [5.41, 5.74) is 6.88. The first-order valence-corrected chi connectivity index (χ1v) is 5.97. The third kappa shape index (κ3) is 2.48. The van der Waals surface area contributed by atoms with Crippen LogP contribution in [-0.2, 0) is 7.05 Å². The van der Waals surface area contributed by atoms with Crippen molar-refractivity contribution in [3.8, 4) is 17.0 Å². The van der Waals surface area contributed by atoms with E-state index < -0.39 is 0 Å². The highest BCUT2D eigenvalue weighted by Crippen LogP contribution is 2.27. The first kappa shape index (κ1) is 13.2. The lowest BCUT2D eigenvalue weighted by Gasteiger charge is -2.10. The lowest BCUT2D eigenvalue weighted by Crippen LogP contribution is -2.29. The molecule has 19 heavy (non-hydrogen) atoms. The van der Waals surface area contributed by atoms with Gasteiger partial charge in [-0.15, -0.1) is 0 Å². The fraction of sp³-hybridized carbons (Fsp3) is 0.154. The molecule has 0 bridgehead atoms. The van der Waals surface area contributed by atoms with Crippen LogP contribution < -0.4 is 16.0 Å². The Balaban J connectivity index is 2.70. The summed E-state index contributed by atoms with van der Waals surface area (Å²) in [7, 11) is 3.14. The van der Waals surface area contributed by atoms with Gasteiger partial charge in [0.15, 0.2) is 0 Å². The molecule has 0 spiro atoms. The molecule has 0 aliphatic heterocycles. The quantitative estimate of drug-likeness (QED) is 0.849. The largest absolute Gasteiger partial charge is 0.496 e. The van der Waals surface area contributed by atoms with E-state index >= 15 is 0 Å². The van der Waals surface area contributed by atoms with Gasteiger partial charge in [0.1, 0.15) is 10.7 Å². The minimum Gasteiger partial charge on any atom is -0.496 e. The van der Waals surface area contributed by atoms with Crippen molar-refractivity contribution in [2.45, 2.75) is 0 Å². The predicted molar refractivity (Wildman–Crippen MR) is 77.4 cm³/mol. The van der Waals surface area contributed by atoms with E-state index in [0.29, 0.717) is 11.4 Å². The molecule has 0 radical (unpaired) electrons. The number of aromatic nitrogens is 2. The van der Waals surface area contributed by atoms with Gasteiger partial charge in [-0.1, -0.05) is 24.4 Å². The fourth-order valence-electron chi connectivity index (χ4n) is 1.77. The molecule has 0 saturated heterocycles. The van der Waals surface area contributed by atoms with Crippen molar-refractivity contribution >= 4 is 17.2 Å². The van der Waals surface area contributed by atoms with Crippen molar-refractivity contribution in [1.82, 2.24) is 9.78 Å². The Morgan fingerprint density at radius 1 is 1.42 bits per heavy atom. The molecule has 1 heterocycles.